The van der Waals surface area contributed by atoms with Gasteiger partial charge in [0.25, 0.3) is 0 Å². The number of rotatable bonds is 7. The molecule has 4 aliphatic rings. The molecule has 0 unspecified atom stereocenters. The van der Waals surface area contributed by atoms with Crippen LogP contribution >= 0.6 is 0 Å². The summed E-state index contributed by atoms with van der Waals surface area (Å²) in [6, 6.07) is -0.0994. The monoisotopic (exact) mass is 347 g/mol. The Labute approximate surface area is 151 Å². The van der Waals surface area contributed by atoms with Gasteiger partial charge >= 0.3 is 6.03 Å². The van der Waals surface area contributed by atoms with E-state index >= 15 is 0 Å². The van der Waals surface area contributed by atoms with Crippen LogP contribution in [-0.4, -0.2) is 42.0 Å². The molecule has 0 saturated heterocycles. The third-order valence-electron chi connectivity index (χ3n) is 6.24. The van der Waals surface area contributed by atoms with Crippen molar-refractivity contribution < 1.29 is 9.59 Å². The van der Waals surface area contributed by atoms with Crippen molar-refractivity contribution in [3.05, 3.63) is 12.2 Å². The molecule has 4 bridgehead atoms. The highest BCUT2D eigenvalue weighted by Crippen LogP contribution is 2.55. The Morgan fingerprint density at radius 2 is 1.68 bits per heavy atom. The Bertz CT molecular complexity index is 508. The van der Waals surface area contributed by atoms with Crippen LogP contribution in [0, 0.1) is 17.8 Å². The van der Waals surface area contributed by atoms with Crippen molar-refractivity contribution in [2.75, 3.05) is 19.6 Å². The van der Waals surface area contributed by atoms with Gasteiger partial charge in [-0.2, -0.15) is 0 Å². The fourth-order valence-electron chi connectivity index (χ4n) is 5.69. The standard InChI is InChI=1S/C20H33N3O2/c1-4-23(13-14(2)3)18(24)5-6-21-19(25)22-20-10-15-7-16(11-20)9-17(8-15)12-20/h15-17H,2,4-13H2,1,3H3,(H2,21,22,25). The van der Waals surface area contributed by atoms with Crippen LogP contribution in [0.25, 0.3) is 0 Å². The van der Waals surface area contributed by atoms with Crippen LogP contribution in [0.1, 0.15) is 58.8 Å². The maximum absolute atomic E-state index is 12.4. The number of amides is 3. The molecule has 0 spiro atoms. The van der Waals surface area contributed by atoms with Crippen molar-refractivity contribution >= 4 is 11.9 Å². The van der Waals surface area contributed by atoms with Crippen LogP contribution in [0.3, 0.4) is 0 Å². The quantitative estimate of drug-likeness (QED) is 0.695. The van der Waals surface area contributed by atoms with E-state index in [-0.39, 0.29) is 17.5 Å². The van der Waals surface area contributed by atoms with Crippen LogP contribution in [0.2, 0.25) is 0 Å². The number of nitrogens with zero attached hydrogens (tertiary/aromatic N) is 1. The minimum Gasteiger partial charge on any atom is -0.339 e. The number of carbonyl (C=O) groups is 2. The van der Waals surface area contributed by atoms with Gasteiger partial charge in [0.05, 0.1) is 0 Å². The number of hydrogen-bond acceptors (Lipinski definition) is 2. The molecular formula is C20H33N3O2. The van der Waals surface area contributed by atoms with Gasteiger partial charge in [-0.05, 0) is 70.1 Å². The van der Waals surface area contributed by atoms with Gasteiger partial charge in [-0.1, -0.05) is 12.2 Å². The van der Waals surface area contributed by atoms with Gasteiger partial charge in [-0.3, -0.25) is 4.79 Å². The number of carbonyl (C=O) groups excluding carboxylic acids is 2. The number of urea groups is 1. The van der Waals surface area contributed by atoms with E-state index in [0.29, 0.717) is 26.1 Å². The maximum Gasteiger partial charge on any atom is 0.315 e. The predicted octanol–water partition coefficient (Wildman–Crippen LogP) is 3.07. The first kappa shape index (κ1) is 18.3. The van der Waals surface area contributed by atoms with Gasteiger partial charge in [0.1, 0.15) is 0 Å². The Morgan fingerprint density at radius 3 is 2.16 bits per heavy atom. The van der Waals surface area contributed by atoms with E-state index in [1.807, 2.05) is 13.8 Å². The highest BCUT2D eigenvalue weighted by Gasteiger charge is 2.51. The van der Waals surface area contributed by atoms with Crippen molar-refractivity contribution in [1.82, 2.24) is 15.5 Å². The normalized spacial score (nSPS) is 32.3. The lowest BCUT2D eigenvalue weighted by molar-refractivity contribution is -0.130. The molecule has 4 rings (SSSR count). The second-order valence-electron chi connectivity index (χ2n) is 8.69. The average Bonchev–Trinajstić information content (AvgIpc) is 2.50. The molecule has 25 heavy (non-hydrogen) atoms. The lowest BCUT2D eigenvalue weighted by Crippen LogP contribution is -2.61. The molecule has 5 heteroatoms. The molecule has 4 saturated carbocycles. The fraction of sp³-hybridized carbons (Fsp3) is 0.800. The summed E-state index contributed by atoms with van der Waals surface area (Å²) in [4.78, 5) is 26.4. The van der Waals surface area contributed by atoms with Crippen LogP contribution in [0.5, 0.6) is 0 Å². The molecule has 0 aliphatic heterocycles. The summed E-state index contributed by atoms with van der Waals surface area (Å²) in [6.07, 6.45) is 7.88. The van der Waals surface area contributed by atoms with E-state index in [0.717, 1.165) is 42.6 Å². The van der Waals surface area contributed by atoms with Crippen molar-refractivity contribution in [3.8, 4) is 0 Å². The average molecular weight is 348 g/mol. The van der Waals surface area contributed by atoms with Gasteiger partial charge in [0, 0.05) is 31.6 Å². The molecule has 5 nitrogen and oxygen atoms in total. The lowest BCUT2D eigenvalue weighted by atomic mass is 9.53. The molecule has 0 radical (unpaired) electrons. The molecule has 2 N–H and O–H groups in total. The van der Waals surface area contributed by atoms with E-state index in [1.54, 1.807) is 4.90 Å². The zero-order valence-corrected chi connectivity index (χ0v) is 15.8. The van der Waals surface area contributed by atoms with Crippen LogP contribution in [-0.2, 0) is 4.79 Å². The summed E-state index contributed by atoms with van der Waals surface area (Å²) < 4.78 is 0. The molecule has 3 amide bonds. The minimum absolute atomic E-state index is 0.0260. The SMILES string of the molecule is C=C(C)CN(CC)C(=O)CCNC(=O)NC12CC3CC(CC(C3)C1)C2. The molecule has 0 atom stereocenters. The molecule has 0 aromatic carbocycles. The molecule has 4 aliphatic carbocycles. The topological polar surface area (TPSA) is 61.4 Å². The first-order chi connectivity index (χ1) is 11.9. The minimum atomic E-state index is -0.0994. The molecular weight excluding hydrogens is 314 g/mol. The second kappa shape index (κ2) is 7.38. The summed E-state index contributed by atoms with van der Waals surface area (Å²) in [5, 5.41) is 6.19. The van der Waals surface area contributed by atoms with E-state index in [2.05, 4.69) is 17.2 Å². The van der Waals surface area contributed by atoms with E-state index in [1.165, 1.54) is 19.3 Å². The van der Waals surface area contributed by atoms with Gasteiger partial charge in [0.15, 0.2) is 0 Å². The van der Waals surface area contributed by atoms with Crippen LogP contribution < -0.4 is 10.6 Å². The zero-order chi connectivity index (χ0) is 18.0. The van der Waals surface area contributed by atoms with Gasteiger partial charge < -0.3 is 15.5 Å². The van der Waals surface area contributed by atoms with Gasteiger partial charge in [-0.15, -0.1) is 0 Å². The lowest BCUT2D eigenvalue weighted by Gasteiger charge is -2.56. The number of likely N-dealkylation sites (N-methyl/N-ethyl adjacent to an activating group) is 1. The molecule has 140 valence electrons. The predicted molar refractivity (Wildman–Crippen MR) is 99.1 cm³/mol. The summed E-state index contributed by atoms with van der Waals surface area (Å²) in [5.74, 6) is 2.51. The van der Waals surface area contributed by atoms with Gasteiger partial charge in [-0.25, -0.2) is 4.79 Å². The highest BCUT2D eigenvalue weighted by molar-refractivity contribution is 5.78. The maximum atomic E-state index is 12.4. The summed E-state index contributed by atoms with van der Waals surface area (Å²) >= 11 is 0. The molecule has 0 heterocycles. The van der Waals surface area contributed by atoms with Crippen molar-refractivity contribution in [3.63, 3.8) is 0 Å². The number of nitrogens with one attached hydrogen (secondary N) is 2. The van der Waals surface area contributed by atoms with Crippen molar-refractivity contribution in [1.29, 1.82) is 0 Å². The molecule has 0 aromatic rings. The van der Waals surface area contributed by atoms with E-state index in [9.17, 15) is 9.59 Å². The van der Waals surface area contributed by atoms with E-state index < -0.39 is 0 Å². The summed E-state index contributed by atoms with van der Waals surface area (Å²) in [7, 11) is 0. The second-order valence-corrected chi connectivity index (χ2v) is 8.69. The summed E-state index contributed by atoms with van der Waals surface area (Å²) in [6.45, 7) is 9.41. The molecule has 0 aromatic heterocycles. The first-order valence-corrected chi connectivity index (χ1v) is 9.87. The third-order valence-corrected chi connectivity index (χ3v) is 6.24. The summed E-state index contributed by atoms with van der Waals surface area (Å²) in [5.41, 5.74) is 1.00. The van der Waals surface area contributed by atoms with Crippen molar-refractivity contribution in [2.24, 2.45) is 17.8 Å². The largest absolute Gasteiger partial charge is 0.339 e. The first-order valence-electron chi connectivity index (χ1n) is 9.87. The Morgan fingerprint density at radius 1 is 1.12 bits per heavy atom. The Balaban J connectivity index is 1.43. The van der Waals surface area contributed by atoms with Crippen LogP contribution in [0.15, 0.2) is 12.2 Å². The highest BCUT2D eigenvalue weighted by atomic mass is 16.2. The van der Waals surface area contributed by atoms with Crippen molar-refractivity contribution in [2.45, 2.75) is 64.3 Å². The Hall–Kier alpha value is -1.52. The third kappa shape index (κ3) is 4.36. The number of hydrogen-bond donors (Lipinski definition) is 2. The Kier molecular flexibility index (Phi) is 5.40. The molecule has 4 fully saturated rings. The smallest absolute Gasteiger partial charge is 0.315 e. The van der Waals surface area contributed by atoms with E-state index in [4.69, 9.17) is 0 Å². The zero-order valence-electron chi connectivity index (χ0n) is 15.8. The van der Waals surface area contributed by atoms with Crippen LogP contribution in [0.4, 0.5) is 4.79 Å². The fourth-order valence-corrected chi connectivity index (χ4v) is 5.69. The van der Waals surface area contributed by atoms with Gasteiger partial charge in [0.2, 0.25) is 5.91 Å².